The van der Waals surface area contributed by atoms with Crippen LogP contribution in [0.2, 0.25) is 0 Å². The van der Waals surface area contributed by atoms with Gasteiger partial charge in [0.1, 0.15) is 0 Å². The van der Waals surface area contributed by atoms with Crippen molar-refractivity contribution in [3.63, 3.8) is 0 Å². The van der Waals surface area contributed by atoms with Crippen molar-refractivity contribution in [2.45, 2.75) is 20.8 Å². The second-order valence-electron chi connectivity index (χ2n) is 3.67. The van der Waals surface area contributed by atoms with Crippen molar-refractivity contribution in [2.24, 2.45) is 0 Å². The molecule has 0 saturated heterocycles. The third-order valence-corrected chi connectivity index (χ3v) is 2.70. The number of pyridine rings is 1. The molecule has 2 heteroatoms. The van der Waals surface area contributed by atoms with E-state index in [4.69, 9.17) is 0 Å². The number of nitrogens with zero attached hydrogens (tertiary/aromatic N) is 1. The Balaban J connectivity index is 2.99. The van der Waals surface area contributed by atoms with Crippen molar-refractivity contribution in [2.75, 3.05) is 0 Å². The molecule has 0 aliphatic heterocycles. The van der Waals surface area contributed by atoms with Crippen molar-refractivity contribution in [1.82, 2.24) is 4.98 Å². The van der Waals surface area contributed by atoms with Crippen molar-refractivity contribution >= 4 is 10.9 Å². The fourth-order valence-electron chi connectivity index (χ4n) is 1.66. The summed E-state index contributed by atoms with van der Waals surface area (Å²) in [5.41, 5.74) is 3.65. The molecule has 0 atom stereocenters. The molecule has 0 aliphatic carbocycles. The Hall–Kier alpha value is -1.57. The van der Waals surface area contributed by atoms with Crippen molar-refractivity contribution in [1.29, 1.82) is 0 Å². The summed E-state index contributed by atoms with van der Waals surface area (Å²) in [4.78, 5) is 4.20. The standard InChI is InChI=1S/C12H12NO/c1-7-4-5-13-10-6-8(2)9(3)12(14)11(7)10/h4-6H,1-3H3. The average Bonchev–Trinajstić information content (AvgIpc) is 2.14. The van der Waals surface area contributed by atoms with E-state index >= 15 is 0 Å². The summed E-state index contributed by atoms with van der Waals surface area (Å²) in [5, 5.41) is 12.7. The van der Waals surface area contributed by atoms with Gasteiger partial charge in [-0.1, -0.05) is 0 Å². The first-order valence-electron chi connectivity index (χ1n) is 4.64. The van der Waals surface area contributed by atoms with Crippen LogP contribution in [0.1, 0.15) is 16.7 Å². The molecule has 0 aliphatic rings. The van der Waals surface area contributed by atoms with Crippen LogP contribution in [-0.4, -0.2) is 4.98 Å². The maximum absolute atomic E-state index is 11.9. The topological polar surface area (TPSA) is 32.8 Å². The lowest BCUT2D eigenvalue weighted by Crippen LogP contribution is -1.88. The maximum atomic E-state index is 11.9. The number of hydrogen-bond donors (Lipinski definition) is 0. The highest BCUT2D eigenvalue weighted by Gasteiger charge is 2.10. The minimum absolute atomic E-state index is 0.116. The van der Waals surface area contributed by atoms with Gasteiger partial charge in [-0.15, -0.1) is 0 Å². The summed E-state index contributed by atoms with van der Waals surface area (Å²) in [6, 6.07) is 3.84. The van der Waals surface area contributed by atoms with E-state index in [1.807, 2.05) is 32.9 Å². The normalized spacial score (nSPS) is 10.8. The van der Waals surface area contributed by atoms with Crippen molar-refractivity contribution < 1.29 is 5.11 Å². The summed E-state index contributed by atoms with van der Waals surface area (Å²) in [7, 11) is 0. The molecular formula is C12H12NO. The molecule has 1 aromatic carbocycles. The van der Waals surface area contributed by atoms with E-state index in [0.29, 0.717) is 0 Å². The third kappa shape index (κ3) is 1.15. The van der Waals surface area contributed by atoms with Gasteiger partial charge < -0.3 is 0 Å². The van der Waals surface area contributed by atoms with Gasteiger partial charge in [-0.05, 0) is 44.0 Å². The quantitative estimate of drug-likeness (QED) is 0.621. The first-order chi connectivity index (χ1) is 6.61. The van der Waals surface area contributed by atoms with Gasteiger partial charge in [0.05, 0.1) is 10.9 Å². The van der Waals surface area contributed by atoms with E-state index in [1.54, 1.807) is 6.20 Å². The lowest BCUT2D eigenvalue weighted by Gasteiger charge is -2.06. The predicted octanol–water partition coefficient (Wildman–Crippen LogP) is 3.30. The van der Waals surface area contributed by atoms with Gasteiger partial charge in [0, 0.05) is 11.8 Å². The van der Waals surface area contributed by atoms with Gasteiger partial charge in [-0.3, -0.25) is 10.1 Å². The van der Waals surface area contributed by atoms with Crippen LogP contribution in [0.4, 0.5) is 0 Å². The predicted molar refractivity (Wildman–Crippen MR) is 56.1 cm³/mol. The Morgan fingerprint density at radius 3 is 2.57 bits per heavy atom. The third-order valence-electron chi connectivity index (χ3n) is 2.70. The fraction of sp³-hybridized carbons (Fsp3) is 0.250. The summed E-state index contributed by atoms with van der Waals surface area (Å²) < 4.78 is 0. The molecule has 1 radical (unpaired) electrons. The summed E-state index contributed by atoms with van der Waals surface area (Å²) in [6.07, 6.45) is 1.74. The number of aromatic nitrogens is 1. The highest BCUT2D eigenvalue weighted by atomic mass is 16.3. The van der Waals surface area contributed by atoms with Gasteiger partial charge in [0.2, 0.25) is 0 Å². The fourth-order valence-corrected chi connectivity index (χ4v) is 1.66. The summed E-state index contributed by atoms with van der Waals surface area (Å²) in [6.45, 7) is 5.75. The number of fused-ring (bicyclic) bond motifs is 1. The first kappa shape index (κ1) is 9.00. The smallest absolute Gasteiger partial charge is 0.191 e. The Kier molecular flexibility index (Phi) is 1.92. The van der Waals surface area contributed by atoms with E-state index in [9.17, 15) is 5.11 Å². The van der Waals surface area contributed by atoms with E-state index in [0.717, 1.165) is 27.6 Å². The molecule has 14 heavy (non-hydrogen) atoms. The molecule has 0 N–H and O–H groups in total. The summed E-state index contributed by atoms with van der Waals surface area (Å²) in [5.74, 6) is 0.116. The molecule has 0 saturated carbocycles. The van der Waals surface area contributed by atoms with Gasteiger partial charge >= 0.3 is 0 Å². The van der Waals surface area contributed by atoms with E-state index in [-0.39, 0.29) is 5.75 Å². The number of aryl methyl sites for hydroxylation is 2. The zero-order valence-corrected chi connectivity index (χ0v) is 8.59. The maximum Gasteiger partial charge on any atom is 0.191 e. The minimum Gasteiger partial charge on any atom is -0.289 e. The van der Waals surface area contributed by atoms with Crippen molar-refractivity contribution in [3.8, 4) is 5.75 Å². The highest BCUT2D eigenvalue weighted by molar-refractivity contribution is 5.89. The van der Waals surface area contributed by atoms with Crippen LogP contribution in [0, 0.1) is 20.8 Å². The molecule has 0 unspecified atom stereocenters. The molecule has 1 heterocycles. The second-order valence-corrected chi connectivity index (χ2v) is 3.67. The first-order valence-corrected chi connectivity index (χ1v) is 4.64. The van der Waals surface area contributed by atoms with E-state index in [2.05, 4.69) is 4.98 Å². The summed E-state index contributed by atoms with van der Waals surface area (Å²) >= 11 is 0. The van der Waals surface area contributed by atoms with E-state index in [1.165, 1.54) is 0 Å². The minimum atomic E-state index is 0.116. The lowest BCUT2D eigenvalue weighted by atomic mass is 10.0. The van der Waals surface area contributed by atoms with Crippen LogP contribution < -0.4 is 0 Å². The monoisotopic (exact) mass is 186 g/mol. The largest absolute Gasteiger partial charge is 0.289 e. The zero-order chi connectivity index (χ0) is 10.3. The number of benzene rings is 1. The van der Waals surface area contributed by atoms with Crippen LogP contribution in [0.5, 0.6) is 5.75 Å². The molecule has 2 rings (SSSR count). The van der Waals surface area contributed by atoms with Crippen molar-refractivity contribution in [3.05, 3.63) is 35.0 Å². The molecule has 0 fully saturated rings. The molecule has 1 aromatic heterocycles. The average molecular weight is 186 g/mol. The molecule has 0 spiro atoms. The van der Waals surface area contributed by atoms with Gasteiger partial charge in [-0.25, -0.2) is 0 Å². The number of hydrogen-bond acceptors (Lipinski definition) is 1. The second kappa shape index (κ2) is 2.98. The molecule has 0 amide bonds. The molecule has 2 nitrogen and oxygen atoms in total. The number of rotatable bonds is 0. The van der Waals surface area contributed by atoms with Crippen LogP contribution in [0.3, 0.4) is 0 Å². The Morgan fingerprint density at radius 1 is 1.14 bits per heavy atom. The van der Waals surface area contributed by atoms with Gasteiger partial charge in [0.25, 0.3) is 0 Å². The van der Waals surface area contributed by atoms with Gasteiger partial charge in [0.15, 0.2) is 5.75 Å². The van der Waals surface area contributed by atoms with Crippen LogP contribution >= 0.6 is 0 Å². The molecule has 0 bridgehead atoms. The Bertz CT molecular complexity index is 503. The van der Waals surface area contributed by atoms with Crippen LogP contribution in [-0.2, 0) is 5.11 Å². The Labute approximate surface area is 83.2 Å². The molecule has 2 aromatic rings. The Morgan fingerprint density at radius 2 is 1.86 bits per heavy atom. The van der Waals surface area contributed by atoms with Crippen LogP contribution in [0.25, 0.3) is 10.9 Å². The van der Waals surface area contributed by atoms with Crippen LogP contribution in [0.15, 0.2) is 18.3 Å². The molecule has 71 valence electrons. The zero-order valence-electron chi connectivity index (χ0n) is 8.59. The highest BCUT2D eigenvalue weighted by Crippen LogP contribution is 2.32. The lowest BCUT2D eigenvalue weighted by molar-refractivity contribution is 0.356. The molecular weight excluding hydrogens is 174 g/mol. The van der Waals surface area contributed by atoms with Gasteiger partial charge in [-0.2, -0.15) is 0 Å². The van der Waals surface area contributed by atoms with E-state index < -0.39 is 0 Å². The SMILES string of the molecule is Cc1cc2nccc(C)c2c([O])c1C.